The quantitative estimate of drug-likeness (QED) is 0.628. The van der Waals surface area contributed by atoms with E-state index in [1.807, 2.05) is 45.9 Å². The summed E-state index contributed by atoms with van der Waals surface area (Å²) in [7, 11) is -3.68. The van der Waals surface area contributed by atoms with Crippen LogP contribution in [0.3, 0.4) is 0 Å². The SMILES string of the molecule is Cc1ccc(S(=O)(=O)N2c3ccc(C(=O)Nc4c(C)cccc4C)cc3C[C@H]2C)cc1. The lowest BCUT2D eigenvalue weighted by atomic mass is 10.1. The van der Waals surface area contributed by atoms with E-state index in [-0.39, 0.29) is 16.8 Å². The molecule has 0 bridgehead atoms. The molecule has 3 aromatic rings. The van der Waals surface area contributed by atoms with Crippen molar-refractivity contribution in [2.45, 2.75) is 45.1 Å². The summed E-state index contributed by atoms with van der Waals surface area (Å²) in [6.07, 6.45) is 0.560. The van der Waals surface area contributed by atoms with Gasteiger partial charge in [0.1, 0.15) is 0 Å². The van der Waals surface area contributed by atoms with Gasteiger partial charge in [0.05, 0.1) is 10.6 Å². The monoisotopic (exact) mass is 434 g/mol. The average Bonchev–Trinajstić information content (AvgIpc) is 3.06. The molecule has 1 aliphatic heterocycles. The predicted molar refractivity (Wildman–Crippen MR) is 124 cm³/mol. The van der Waals surface area contributed by atoms with Crippen molar-refractivity contribution in [3.63, 3.8) is 0 Å². The molecule has 1 amide bonds. The van der Waals surface area contributed by atoms with Gasteiger partial charge in [-0.3, -0.25) is 9.10 Å². The molecule has 0 unspecified atom stereocenters. The zero-order chi connectivity index (χ0) is 22.3. The summed E-state index contributed by atoms with van der Waals surface area (Å²) in [5, 5.41) is 3.00. The lowest BCUT2D eigenvalue weighted by Crippen LogP contribution is -2.35. The maximum atomic E-state index is 13.3. The summed E-state index contributed by atoms with van der Waals surface area (Å²) in [5.74, 6) is -0.201. The third-order valence-electron chi connectivity index (χ3n) is 5.79. The van der Waals surface area contributed by atoms with E-state index in [1.165, 1.54) is 4.31 Å². The van der Waals surface area contributed by atoms with Gasteiger partial charge in [-0.05, 0) is 81.1 Å². The Kier molecular flexibility index (Phi) is 5.35. The minimum Gasteiger partial charge on any atom is -0.322 e. The summed E-state index contributed by atoms with van der Waals surface area (Å²) < 4.78 is 28.1. The normalized spacial score (nSPS) is 15.6. The van der Waals surface area contributed by atoms with E-state index < -0.39 is 10.0 Å². The van der Waals surface area contributed by atoms with Crippen LogP contribution >= 0.6 is 0 Å². The summed E-state index contributed by atoms with van der Waals surface area (Å²) in [6, 6.07) is 17.8. The van der Waals surface area contributed by atoms with Crippen LogP contribution < -0.4 is 9.62 Å². The van der Waals surface area contributed by atoms with Crippen LogP contribution in [0, 0.1) is 20.8 Å². The first-order valence-electron chi connectivity index (χ1n) is 10.3. The topological polar surface area (TPSA) is 66.5 Å². The molecule has 0 aromatic heterocycles. The van der Waals surface area contributed by atoms with Crippen LogP contribution in [0.4, 0.5) is 11.4 Å². The maximum Gasteiger partial charge on any atom is 0.264 e. The summed E-state index contributed by atoms with van der Waals surface area (Å²) in [6.45, 7) is 7.74. The number of rotatable bonds is 4. The van der Waals surface area contributed by atoms with Crippen molar-refractivity contribution in [1.82, 2.24) is 0 Å². The lowest BCUT2D eigenvalue weighted by molar-refractivity contribution is 0.102. The summed E-state index contributed by atoms with van der Waals surface area (Å²) in [5.41, 5.74) is 5.83. The number of hydrogen-bond acceptors (Lipinski definition) is 3. The molecule has 0 radical (unpaired) electrons. The van der Waals surface area contributed by atoms with Gasteiger partial charge in [-0.1, -0.05) is 35.9 Å². The van der Waals surface area contributed by atoms with Crippen molar-refractivity contribution in [3.05, 3.63) is 88.5 Å². The third-order valence-corrected chi connectivity index (χ3v) is 7.73. The van der Waals surface area contributed by atoms with Crippen LogP contribution in [0.25, 0.3) is 0 Å². The number of carbonyl (C=O) groups excluding carboxylic acids is 1. The van der Waals surface area contributed by atoms with Crippen molar-refractivity contribution < 1.29 is 13.2 Å². The Hall–Kier alpha value is -3.12. The number of anilines is 2. The molecule has 160 valence electrons. The van der Waals surface area contributed by atoms with Crippen molar-refractivity contribution in [1.29, 1.82) is 0 Å². The van der Waals surface area contributed by atoms with Gasteiger partial charge < -0.3 is 5.32 Å². The van der Waals surface area contributed by atoms with Gasteiger partial charge in [-0.15, -0.1) is 0 Å². The average molecular weight is 435 g/mol. The van der Waals surface area contributed by atoms with Crippen molar-refractivity contribution in [2.24, 2.45) is 0 Å². The number of nitrogens with one attached hydrogen (secondary N) is 1. The number of hydrogen-bond donors (Lipinski definition) is 1. The molecule has 0 fully saturated rings. The van der Waals surface area contributed by atoms with E-state index in [2.05, 4.69) is 5.32 Å². The molecule has 1 heterocycles. The molecule has 1 aliphatic rings. The molecule has 1 N–H and O–H groups in total. The molecule has 1 atom stereocenters. The Bertz CT molecular complexity index is 1240. The number of benzene rings is 3. The predicted octanol–water partition coefficient (Wildman–Crippen LogP) is 5.00. The highest BCUT2D eigenvalue weighted by Crippen LogP contribution is 2.37. The molecule has 0 saturated heterocycles. The largest absolute Gasteiger partial charge is 0.322 e. The van der Waals surface area contributed by atoms with Crippen LogP contribution in [0.2, 0.25) is 0 Å². The smallest absolute Gasteiger partial charge is 0.264 e. The molecule has 3 aromatic carbocycles. The van der Waals surface area contributed by atoms with Crippen molar-refractivity contribution >= 4 is 27.3 Å². The molecule has 4 rings (SSSR count). The molecular weight excluding hydrogens is 408 g/mol. The minimum absolute atomic E-state index is 0.201. The van der Waals surface area contributed by atoms with Gasteiger partial charge in [0.15, 0.2) is 0 Å². The van der Waals surface area contributed by atoms with Gasteiger partial charge >= 0.3 is 0 Å². The van der Waals surface area contributed by atoms with Crippen LogP contribution in [0.15, 0.2) is 65.6 Å². The first-order valence-corrected chi connectivity index (χ1v) is 11.7. The van der Waals surface area contributed by atoms with Gasteiger partial charge in [0.2, 0.25) is 0 Å². The Labute approximate surface area is 183 Å². The fourth-order valence-electron chi connectivity index (χ4n) is 4.13. The fourth-order valence-corrected chi connectivity index (χ4v) is 5.82. The Morgan fingerprint density at radius 1 is 0.968 bits per heavy atom. The van der Waals surface area contributed by atoms with E-state index in [9.17, 15) is 13.2 Å². The van der Waals surface area contributed by atoms with Crippen LogP contribution in [0.5, 0.6) is 0 Å². The lowest BCUT2D eigenvalue weighted by Gasteiger charge is -2.24. The Morgan fingerprint density at radius 3 is 2.26 bits per heavy atom. The number of sulfonamides is 1. The second kappa shape index (κ2) is 7.85. The second-order valence-electron chi connectivity index (χ2n) is 8.23. The van der Waals surface area contributed by atoms with Crippen LogP contribution in [-0.4, -0.2) is 20.4 Å². The highest BCUT2D eigenvalue weighted by Gasteiger charge is 2.36. The van der Waals surface area contributed by atoms with Crippen LogP contribution in [0.1, 0.15) is 39.5 Å². The number of carbonyl (C=O) groups is 1. The van der Waals surface area contributed by atoms with Crippen molar-refractivity contribution in [3.8, 4) is 0 Å². The van der Waals surface area contributed by atoms with Gasteiger partial charge in [0.25, 0.3) is 15.9 Å². The van der Waals surface area contributed by atoms with E-state index in [4.69, 9.17) is 0 Å². The van der Waals surface area contributed by atoms with E-state index in [1.54, 1.807) is 42.5 Å². The van der Waals surface area contributed by atoms with Gasteiger partial charge in [0, 0.05) is 17.3 Å². The third kappa shape index (κ3) is 3.83. The Balaban J connectivity index is 1.65. The number of amides is 1. The zero-order valence-electron chi connectivity index (χ0n) is 18.1. The zero-order valence-corrected chi connectivity index (χ0v) is 19.0. The van der Waals surface area contributed by atoms with Gasteiger partial charge in [-0.25, -0.2) is 8.42 Å². The number of para-hydroxylation sites is 1. The molecule has 5 nitrogen and oxygen atoms in total. The molecule has 0 aliphatic carbocycles. The van der Waals surface area contributed by atoms with E-state index in [0.29, 0.717) is 17.7 Å². The highest BCUT2D eigenvalue weighted by atomic mass is 32.2. The van der Waals surface area contributed by atoms with E-state index in [0.717, 1.165) is 27.9 Å². The van der Waals surface area contributed by atoms with Crippen LogP contribution in [-0.2, 0) is 16.4 Å². The molecule has 6 heteroatoms. The summed E-state index contributed by atoms with van der Waals surface area (Å²) in [4.78, 5) is 13.2. The standard InChI is InChI=1S/C25H26N2O3S/c1-16-8-11-22(12-9-16)31(29,30)27-19(4)14-21-15-20(10-13-23(21)27)25(28)26-24-17(2)6-5-7-18(24)3/h5-13,15,19H,14H2,1-4H3,(H,26,28)/t19-/m1/s1. The van der Waals surface area contributed by atoms with Crippen molar-refractivity contribution in [2.75, 3.05) is 9.62 Å². The van der Waals surface area contributed by atoms with E-state index >= 15 is 0 Å². The highest BCUT2D eigenvalue weighted by molar-refractivity contribution is 7.92. The molecule has 31 heavy (non-hydrogen) atoms. The van der Waals surface area contributed by atoms with Gasteiger partial charge in [-0.2, -0.15) is 0 Å². The number of nitrogens with zero attached hydrogens (tertiary/aromatic N) is 1. The maximum absolute atomic E-state index is 13.3. The number of fused-ring (bicyclic) bond motifs is 1. The minimum atomic E-state index is -3.68. The molecule has 0 saturated carbocycles. The molecule has 0 spiro atoms. The second-order valence-corrected chi connectivity index (χ2v) is 10.0. The Morgan fingerprint density at radius 2 is 1.61 bits per heavy atom. The first-order chi connectivity index (χ1) is 14.7. The number of aryl methyl sites for hydroxylation is 3. The summed E-state index contributed by atoms with van der Waals surface area (Å²) >= 11 is 0. The fraction of sp³-hybridized carbons (Fsp3) is 0.240. The first kappa shape index (κ1) is 21.1. The molecular formula is C25H26N2O3S.